The molecule has 0 fully saturated rings. The van der Waals surface area contributed by atoms with Crippen LogP contribution in [0.4, 0.5) is 10.1 Å². The largest absolute Gasteiger partial charge is 0.352 e. The number of aryl methyl sites for hydroxylation is 1. The van der Waals surface area contributed by atoms with E-state index in [1.165, 1.54) is 10.4 Å². The average Bonchev–Trinajstić information content (AvgIpc) is 2.60. The van der Waals surface area contributed by atoms with Crippen LogP contribution in [-0.2, 0) is 27.8 Å². The minimum atomic E-state index is -3.53. The molecule has 0 spiro atoms. The second-order valence-electron chi connectivity index (χ2n) is 5.94. The highest BCUT2D eigenvalue weighted by molar-refractivity contribution is 7.92. The number of carbonyl (C=O) groups excluding carboxylic acids is 1. The van der Waals surface area contributed by atoms with Gasteiger partial charge in [-0.3, -0.25) is 9.10 Å². The highest BCUT2D eigenvalue weighted by atomic mass is 32.2. The molecule has 2 aromatic carbocycles. The summed E-state index contributed by atoms with van der Waals surface area (Å²) >= 11 is 0. The third kappa shape index (κ3) is 5.29. The number of para-hydroxylation sites is 1. The predicted molar refractivity (Wildman–Crippen MR) is 101 cm³/mol. The molecule has 0 aliphatic carbocycles. The Morgan fingerprint density at radius 3 is 2.31 bits per heavy atom. The van der Waals surface area contributed by atoms with Crippen LogP contribution in [0.25, 0.3) is 0 Å². The molecule has 0 aliphatic rings. The highest BCUT2D eigenvalue weighted by Gasteiger charge is 2.20. The molecule has 2 aromatic rings. The van der Waals surface area contributed by atoms with Gasteiger partial charge in [-0.2, -0.15) is 0 Å². The molecule has 0 saturated carbocycles. The maximum Gasteiger partial charge on any atom is 0.232 e. The van der Waals surface area contributed by atoms with Crippen molar-refractivity contribution < 1.29 is 17.6 Å². The van der Waals surface area contributed by atoms with Gasteiger partial charge in [0, 0.05) is 25.1 Å². The summed E-state index contributed by atoms with van der Waals surface area (Å²) in [4.78, 5) is 12.1. The smallest absolute Gasteiger partial charge is 0.232 e. The fourth-order valence-corrected chi connectivity index (χ4v) is 3.60. The summed E-state index contributed by atoms with van der Waals surface area (Å²) in [5.74, 6) is -0.724. The minimum absolute atomic E-state index is 0.0143. The van der Waals surface area contributed by atoms with Gasteiger partial charge >= 0.3 is 0 Å². The summed E-state index contributed by atoms with van der Waals surface area (Å²) in [6, 6.07) is 13.4. The summed E-state index contributed by atoms with van der Waals surface area (Å²) in [6.07, 6.45) is 1.79. The summed E-state index contributed by atoms with van der Waals surface area (Å²) in [5, 5.41) is 2.63. The molecule has 0 aliphatic heterocycles. The predicted octanol–water partition coefficient (Wildman–Crippen LogP) is 2.86. The molecule has 7 heteroatoms. The molecule has 0 atom stereocenters. The van der Waals surface area contributed by atoms with Crippen LogP contribution in [0, 0.1) is 5.82 Å². The summed E-state index contributed by atoms with van der Waals surface area (Å²) < 4.78 is 39.2. The molecule has 5 nitrogen and oxygen atoms in total. The lowest BCUT2D eigenvalue weighted by atomic mass is 10.1. The van der Waals surface area contributed by atoms with Crippen molar-refractivity contribution >= 4 is 21.6 Å². The molecule has 26 heavy (non-hydrogen) atoms. The van der Waals surface area contributed by atoms with Crippen molar-refractivity contribution in [3.63, 3.8) is 0 Å². The van der Waals surface area contributed by atoms with Gasteiger partial charge in [0.15, 0.2) is 0 Å². The molecular weight excluding hydrogens is 355 g/mol. The number of nitrogens with one attached hydrogen (secondary N) is 1. The first kappa shape index (κ1) is 19.9. The van der Waals surface area contributed by atoms with Gasteiger partial charge in [-0.25, -0.2) is 12.8 Å². The van der Waals surface area contributed by atoms with Crippen molar-refractivity contribution in [1.29, 1.82) is 0 Å². The standard InChI is InChI=1S/C19H23FN2O3S/c1-3-15-8-5-7-11-18(15)22(26(2,24)25)13-12-19(23)21-14-16-9-4-6-10-17(16)20/h4-11H,3,12-14H2,1-2H3,(H,21,23). The minimum Gasteiger partial charge on any atom is -0.352 e. The lowest BCUT2D eigenvalue weighted by molar-refractivity contribution is -0.121. The number of carbonyl (C=O) groups is 1. The number of sulfonamides is 1. The number of amides is 1. The van der Waals surface area contributed by atoms with Crippen LogP contribution in [0.5, 0.6) is 0 Å². The van der Waals surface area contributed by atoms with Crippen LogP contribution in [0.3, 0.4) is 0 Å². The summed E-state index contributed by atoms with van der Waals surface area (Å²) in [6.45, 7) is 2.04. The van der Waals surface area contributed by atoms with Gasteiger partial charge in [0.25, 0.3) is 0 Å². The first-order chi connectivity index (χ1) is 12.3. The molecule has 0 unspecified atom stereocenters. The average molecular weight is 378 g/mol. The number of hydrogen-bond donors (Lipinski definition) is 1. The van der Waals surface area contributed by atoms with E-state index in [1.54, 1.807) is 30.3 Å². The molecule has 0 saturated heterocycles. The molecule has 0 aromatic heterocycles. The Balaban J connectivity index is 2.04. The molecule has 140 valence electrons. The van der Waals surface area contributed by atoms with Crippen molar-refractivity contribution in [2.24, 2.45) is 0 Å². The van der Waals surface area contributed by atoms with Crippen molar-refractivity contribution in [3.05, 3.63) is 65.5 Å². The lowest BCUT2D eigenvalue weighted by Gasteiger charge is -2.24. The van der Waals surface area contributed by atoms with Crippen LogP contribution in [0.2, 0.25) is 0 Å². The second kappa shape index (κ2) is 8.80. The molecular formula is C19H23FN2O3S. The Morgan fingerprint density at radius 2 is 1.69 bits per heavy atom. The van der Waals surface area contributed by atoms with E-state index >= 15 is 0 Å². The van der Waals surface area contributed by atoms with Crippen LogP contribution < -0.4 is 9.62 Å². The van der Waals surface area contributed by atoms with Gasteiger partial charge < -0.3 is 5.32 Å². The molecule has 1 amide bonds. The fraction of sp³-hybridized carbons (Fsp3) is 0.316. The number of hydrogen-bond acceptors (Lipinski definition) is 3. The van der Waals surface area contributed by atoms with E-state index in [-0.39, 0.29) is 31.2 Å². The maximum atomic E-state index is 13.6. The number of nitrogens with zero attached hydrogens (tertiary/aromatic N) is 1. The van der Waals surface area contributed by atoms with E-state index in [4.69, 9.17) is 0 Å². The van der Waals surface area contributed by atoms with Gasteiger partial charge in [-0.05, 0) is 24.1 Å². The van der Waals surface area contributed by atoms with Crippen molar-refractivity contribution in [2.75, 3.05) is 17.1 Å². The van der Waals surface area contributed by atoms with Crippen LogP contribution in [0.15, 0.2) is 48.5 Å². The molecule has 0 heterocycles. The zero-order chi connectivity index (χ0) is 19.2. The first-order valence-corrected chi connectivity index (χ1v) is 10.2. The Kier molecular flexibility index (Phi) is 6.74. The Labute approximate surface area is 153 Å². The third-order valence-electron chi connectivity index (χ3n) is 4.02. The zero-order valence-electron chi connectivity index (χ0n) is 14.9. The lowest BCUT2D eigenvalue weighted by Crippen LogP contribution is -2.35. The Morgan fingerprint density at radius 1 is 1.08 bits per heavy atom. The van der Waals surface area contributed by atoms with Crippen molar-refractivity contribution in [1.82, 2.24) is 5.32 Å². The normalized spacial score (nSPS) is 11.2. The highest BCUT2D eigenvalue weighted by Crippen LogP contribution is 2.23. The van der Waals surface area contributed by atoms with E-state index < -0.39 is 10.0 Å². The van der Waals surface area contributed by atoms with Gasteiger partial charge in [0.2, 0.25) is 15.9 Å². The molecule has 2 rings (SSSR count). The summed E-state index contributed by atoms with van der Waals surface area (Å²) in [7, 11) is -3.53. The van der Waals surface area contributed by atoms with E-state index in [2.05, 4.69) is 5.32 Å². The monoisotopic (exact) mass is 378 g/mol. The third-order valence-corrected chi connectivity index (χ3v) is 5.20. The van der Waals surface area contributed by atoms with Gasteiger partial charge in [0.1, 0.15) is 5.82 Å². The topological polar surface area (TPSA) is 66.5 Å². The number of rotatable bonds is 8. The van der Waals surface area contributed by atoms with E-state index in [0.29, 0.717) is 17.7 Å². The fourth-order valence-electron chi connectivity index (χ4n) is 2.65. The van der Waals surface area contributed by atoms with Crippen LogP contribution in [-0.4, -0.2) is 27.1 Å². The van der Waals surface area contributed by atoms with E-state index in [9.17, 15) is 17.6 Å². The SMILES string of the molecule is CCc1ccccc1N(CCC(=O)NCc1ccccc1F)S(C)(=O)=O. The molecule has 0 radical (unpaired) electrons. The molecule has 1 N–H and O–H groups in total. The van der Waals surface area contributed by atoms with Gasteiger partial charge in [0.05, 0.1) is 11.9 Å². The maximum absolute atomic E-state index is 13.6. The van der Waals surface area contributed by atoms with E-state index in [0.717, 1.165) is 11.8 Å². The van der Waals surface area contributed by atoms with Crippen molar-refractivity contribution in [2.45, 2.75) is 26.3 Å². The first-order valence-electron chi connectivity index (χ1n) is 8.38. The Hall–Kier alpha value is -2.41. The number of anilines is 1. The van der Waals surface area contributed by atoms with Crippen LogP contribution in [0.1, 0.15) is 24.5 Å². The summed E-state index contributed by atoms with van der Waals surface area (Å²) in [5.41, 5.74) is 1.86. The van der Waals surface area contributed by atoms with Gasteiger partial charge in [-0.15, -0.1) is 0 Å². The Bertz CT molecular complexity index is 869. The van der Waals surface area contributed by atoms with Gasteiger partial charge in [-0.1, -0.05) is 43.3 Å². The number of halogens is 1. The zero-order valence-corrected chi connectivity index (χ0v) is 15.7. The molecule has 0 bridgehead atoms. The van der Waals surface area contributed by atoms with Crippen LogP contribution >= 0.6 is 0 Å². The van der Waals surface area contributed by atoms with E-state index in [1.807, 2.05) is 19.1 Å². The quantitative estimate of drug-likeness (QED) is 0.768. The number of benzene rings is 2. The second-order valence-corrected chi connectivity index (χ2v) is 7.84. The van der Waals surface area contributed by atoms with Crippen molar-refractivity contribution in [3.8, 4) is 0 Å².